The number of carbonyl (C=O) groups is 1. The highest BCUT2D eigenvalue weighted by atomic mass is 19.1. The summed E-state index contributed by atoms with van der Waals surface area (Å²) in [5, 5.41) is 11.5. The van der Waals surface area contributed by atoms with E-state index in [1.165, 1.54) is 12.1 Å². The lowest BCUT2D eigenvalue weighted by atomic mass is 9.95. The second-order valence-electron chi connectivity index (χ2n) is 4.38. The average Bonchev–Trinajstić information content (AvgIpc) is 2.31. The van der Waals surface area contributed by atoms with E-state index < -0.39 is 5.82 Å². The highest BCUT2D eigenvalue weighted by Gasteiger charge is 2.21. The molecule has 1 atom stereocenters. The maximum atomic E-state index is 12.9. The van der Waals surface area contributed by atoms with Gasteiger partial charge in [0.15, 0.2) is 0 Å². The Morgan fingerprint density at radius 2 is 2.22 bits per heavy atom. The molecule has 0 saturated carbocycles. The van der Waals surface area contributed by atoms with E-state index in [-0.39, 0.29) is 29.9 Å². The molecule has 0 fully saturated rings. The van der Waals surface area contributed by atoms with E-state index in [1.54, 1.807) is 0 Å². The number of benzene rings is 1. The lowest BCUT2D eigenvalue weighted by molar-refractivity contribution is -0.120. The zero-order valence-corrected chi connectivity index (χ0v) is 10.4. The van der Waals surface area contributed by atoms with E-state index in [9.17, 15) is 9.18 Å². The van der Waals surface area contributed by atoms with Crippen molar-refractivity contribution in [3.63, 3.8) is 0 Å². The van der Waals surface area contributed by atoms with Gasteiger partial charge in [-0.15, -0.1) is 0 Å². The molecule has 0 aliphatic carbocycles. The maximum absolute atomic E-state index is 12.9. The molecule has 0 spiro atoms. The Bertz CT molecular complexity index is 480. The number of amides is 1. The first-order valence-electron chi connectivity index (χ1n) is 5.70. The Kier molecular flexibility index (Phi) is 4.81. The normalized spacial score (nSPS) is 12.0. The lowest BCUT2D eigenvalue weighted by Crippen LogP contribution is -2.33. The molecule has 1 unspecified atom stereocenters. The third-order valence-corrected chi connectivity index (χ3v) is 2.76. The first-order chi connectivity index (χ1) is 8.49. The van der Waals surface area contributed by atoms with Gasteiger partial charge in [0.1, 0.15) is 11.9 Å². The molecular weight excluding hydrogens is 233 g/mol. The summed E-state index contributed by atoms with van der Waals surface area (Å²) in [6.07, 6.45) is 0. The fraction of sp³-hybridized carbons (Fsp3) is 0.385. The molecule has 1 aromatic carbocycles. The Balaban J connectivity index is 2.91. The van der Waals surface area contributed by atoms with Gasteiger partial charge in [-0.3, -0.25) is 4.79 Å². The molecule has 3 N–H and O–H groups in total. The van der Waals surface area contributed by atoms with Gasteiger partial charge in [-0.2, -0.15) is 5.26 Å². The number of hydrogen-bond acceptors (Lipinski definition) is 3. The molecule has 1 aromatic rings. The highest BCUT2D eigenvalue weighted by molar-refractivity contribution is 5.94. The van der Waals surface area contributed by atoms with Crippen LogP contribution in [0, 0.1) is 29.0 Å². The van der Waals surface area contributed by atoms with Crippen molar-refractivity contribution in [2.45, 2.75) is 13.8 Å². The fourth-order valence-electron chi connectivity index (χ4n) is 1.63. The van der Waals surface area contributed by atoms with Gasteiger partial charge in [0.05, 0.1) is 17.2 Å². The zero-order chi connectivity index (χ0) is 13.7. The van der Waals surface area contributed by atoms with Crippen molar-refractivity contribution in [1.29, 1.82) is 5.26 Å². The van der Waals surface area contributed by atoms with Crippen LogP contribution in [0.4, 0.5) is 10.1 Å². The summed E-state index contributed by atoms with van der Waals surface area (Å²) in [5.41, 5.74) is 5.95. The van der Waals surface area contributed by atoms with Crippen LogP contribution >= 0.6 is 0 Å². The van der Waals surface area contributed by atoms with E-state index >= 15 is 0 Å². The first kappa shape index (κ1) is 14.1. The van der Waals surface area contributed by atoms with Crippen molar-refractivity contribution >= 4 is 11.6 Å². The van der Waals surface area contributed by atoms with Gasteiger partial charge in [-0.05, 0) is 24.1 Å². The van der Waals surface area contributed by atoms with Crippen LogP contribution in [0.25, 0.3) is 0 Å². The molecule has 0 aliphatic rings. The van der Waals surface area contributed by atoms with E-state index in [0.29, 0.717) is 5.69 Å². The average molecular weight is 249 g/mol. The zero-order valence-electron chi connectivity index (χ0n) is 10.4. The number of carbonyl (C=O) groups excluding carboxylic acids is 1. The summed E-state index contributed by atoms with van der Waals surface area (Å²) >= 11 is 0. The summed E-state index contributed by atoms with van der Waals surface area (Å²) in [5.74, 6) is -0.998. The van der Waals surface area contributed by atoms with Gasteiger partial charge < -0.3 is 11.1 Å². The molecule has 0 bridgehead atoms. The van der Waals surface area contributed by atoms with Crippen molar-refractivity contribution in [1.82, 2.24) is 0 Å². The molecule has 0 aliphatic heterocycles. The van der Waals surface area contributed by atoms with E-state index in [4.69, 9.17) is 11.0 Å². The lowest BCUT2D eigenvalue weighted by Gasteiger charge is -2.18. The van der Waals surface area contributed by atoms with Crippen molar-refractivity contribution < 1.29 is 9.18 Å². The molecule has 1 rings (SSSR count). The summed E-state index contributed by atoms with van der Waals surface area (Å²) < 4.78 is 12.9. The van der Waals surface area contributed by atoms with Crippen LogP contribution in [-0.2, 0) is 4.79 Å². The Morgan fingerprint density at radius 1 is 1.56 bits per heavy atom. The van der Waals surface area contributed by atoms with Gasteiger partial charge in [0, 0.05) is 6.54 Å². The van der Waals surface area contributed by atoms with Gasteiger partial charge >= 0.3 is 0 Å². The topological polar surface area (TPSA) is 78.9 Å². The van der Waals surface area contributed by atoms with Crippen molar-refractivity contribution in [3.8, 4) is 6.07 Å². The van der Waals surface area contributed by atoms with Crippen LogP contribution in [0.1, 0.15) is 19.4 Å². The summed E-state index contributed by atoms with van der Waals surface area (Å²) in [6, 6.07) is 5.50. The Hall–Kier alpha value is -1.93. The van der Waals surface area contributed by atoms with Gasteiger partial charge in [-0.1, -0.05) is 13.8 Å². The summed E-state index contributed by atoms with van der Waals surface area (Å²) in [6.45, 7) is 4.02. The third kappa shape index (κ3) is 3.28. The van der Waals surface area contributed by atoms with Crippen LogP contribution in [0.5, 0.6) is 0 Å². The largest absolute Gasteiger partial charge is 0.330 e. The van der Waals surface area contributed by atoms with Gasteiger partial charge in [0.2, 0.25) is 5.91 Å². The quantitative estimate of drug-likeness (QED) is 0.854. The minimum absolute atomic E-state index is 0.0981. The standard InChI is InChI=1S/C13H16FN3O/c1-8(2)11(7-16)13(18)17-12-4-3-10(14)5-9(12)6-15/h3-5,8,11H,7,16H2,1-2H3,(H,17,18). The molecular formula is C13H16FN3O. The smallest absolute Gasteiger partial charge is 0.229 e. The number of nitriles is 1. The molecule has 4 nitrogen and oxygen atoms in total. The predicted molar refractivity (Wildman–Crippen MR) is 67.1 cm³/mol. The number of anilines is 1. The van der Waals surface area contributed by atoms with E-state index in [1.807, 2.05) is 19.9 Å². The number of nitrogens with one attached hydrogen (secondary N) is 1. The van der Waals surface area contributed by atoms with Crippen molar-refractivity contribution in [3.05, 3.63) is 29.6 Å². The molecule has 96 valence electrons. The van der Waals surface area contributed by atoms with Gasteiger partial charge in [0.25, 0.3) is 0 Å². The predicted octanol–water partition coefficient (Wildman–Crippen LogP) is 1.87. The maximum Gasteiger partial charge on any atom is 0.229 e. The summed E-state index contributed by atoms with van der Waals surface area (Å²) in [7, 11) is 0. The minimum Gasteiger partial charge on any atom is -0.330 e. The minimum atomic E-state index is -0.510. The van der Waals surface area contributed by atoms with Crippen LogP contribution in [0.15, 0.2) is 18.2 Å². The highest BCUT2D eigenvalue weighted by Crippen LogP contribution is 2.18. The number of halogens is 1. The first-order valence-corrected chi connectivity index (χ1v) is 5.70. The summed E-state index contributed by atoms with van der Waals surface area (Å²) in [4.78, 5) is 11.9. The van der Waals surface area contributed by atoms with Crippen molar-refractivity contribution in [2.24, 2.45) is 17.6 Å². The number of hydrogen-bond donors (Lipinski definition) is 2. The number of nitrogens with two attached hydrogens (primary N) is 1. The molecule has 0 heterocycles. The second kappa shape index (κ2) is 6.12. The van der Waals surface area contributed by atoms with E-state index in [2.05, 4.69) is 5.32 Å². The Labute approximate surface area is 106 Å². The monoisotopic (exact) mass is 249 g/mol. The van der Waals surface area contributed by atoms with Crippen LogP contribution in [0.3, 0.4) is 0 Å². The Morgan fingerprint density at radius 3 is 2.72 bits per heavy atom. The van der Waals surface area contributed by atoms with Gasteiger partial charge in [-0.25, -0.2) is 4.39 Å². The SMILES string of the molecule is CC(C)C(CN)C(=O)Nc1ccc(F)cc1C#N. The number of nitrogens with zero attached hydrogens (tertiary/aromatic N) is 1. The molecule has 0 saturated heterocycles. The number of rotatable bonds is 4. The molecule has 0 radical (unpaired) electrons. The third-order valence-electron chi connectivity index (χ3n) is 2.76. The van der Waals surface area contributed by atoms with E-state index in [0.717, 1.165) is 6.07 Å². The molecule has 5 heteroatoms. The van der Waals surface area contributed by atoms with Crippen LogP contribution in [0.2, 0.25) is 0 Å². The van der Waals surface area contributed by atoms with Crippen LogP contribution in [-0.4, -0.2) is 12.5 Å². The molecule has 18 heavy (non-hydrogen) atoms. The fourth-order valence-corrected chi connectivity index (χ4v) is 1.63. The van der Waals surface area contributed by atoms with Crippen molar-refractivity contribution in [2.75, 3.05) is 11.9 Å². The molecule has 0 aromatic heterocycles. The molecule has 1 amide bonds. The second-order valence-corrected chi connectivity index (χ2v) is 4.38. The van der Waals surface area contributed by atoms with Crippen LogP contribution < -0.4 is 11.1 Å².